The zero-order valence-electron chi connectivity index (χ0n) is 13.2. The molecule has 1 aliphatic carbocycles. The molecule has 0 heterocycles. The zero-order chi connectivity index (χ0) is 16.3. The average molecular weight is 314 g/mol. The molecule has 1 aromatic rings. The quantitative estimate of drug-likeness (QED) is 0.819. The number of anilines is 1. The van der Waals surface area contributed by atoms with E-state index in [0.717, 1.165) is 23.2 Å². The first-order valence-corrected chi connectivity index (χ1v) is 7.68. The van der Waals surface area contributed by atoms with Gasteiger partial charge in [0.1, 0.15) is 5.70 Å². The number of allylic oxidation sites excluding steroid dienone is 6. The Hall–Kier alpha value is -2.06. The molecule has 0 unspecified atom stereocenters. The van der Waals surface area contributed by atoms with Crippen molar-refractivity contribution in [2.24, 2.45) is 0 Å². The first-order valence-electron chi connectivity index (χ1n) is 7.31. The van der Waals surface area contributed by atoms with Crippen LogP contribution in [-0.4, -0.2) is 5.78 Å². The lowest BCUT2D eigenvalue weighted by Crippen LogP contribution is -2.20. The number of ketones is 1. The third kappa shape index (κ3) is 3.23. The Morgan fingerprint density at radius 2 is 1.86 bits per heavy atom. The van der Waals surface area contributed by atoms with Gasteiger partial charge in [0.2, 0.25) is 5.78 Å². The van der Waals surface area contributed by atoms with E-state index in [0.29, 0.717) is 21.9 Å². The van der Waals surface area contributed by atoms with Crippen LogP contribution in [0.4, 0.5) is 5.69 Å². The SMILES string of the molecule is C=C1C(Cl)=C(Nc2ccc(C)cc2)C(=O)C(C)=C1/C=C\CC. The summed E-state index contributed by atoms with van der Waals surface area (Å²) in [6.45, 7) is 9.90. The number of rotatable bonds is 4. The number of hydrogen-bond donors (Lipinski definition) is 1. The third-order valence-electron chi connectivity index (χ3n) is 3.62. The van der Waals surface area contributed by atoms with Crippen molar-refractivity contribution in [2.75, 3.05) is 5.32 Å². The average Bonchev–Trinajstić information content (AvgIpc) is 2.51. The maximum Gasteiger partial charge on any atom is 0.207 e. The van der Waals surface area contributed by atoms with E-state index in [4.69, 9.17) is 11.6 Å². The van der Waals surface area contributed by atoms with Crippen LogP contribution >= 0.6 is 11.6 Å². The summed E-state index contributed by atoms with van der Waals surface area (Å²) in [6, 6.07) is 7.82. The number of halogens is 1. The smallest absolute Gasteiger partial charge is 0.207 e. The highest BCUT2D eigenvalue weighted by molar-refractivity contribution is 6.37. The fourth-order valence-electron chi connectivity index (χ4n) is 2.26. The van der Waals surface area contributed by atoms with Crippen molar-refractivity contribution in [3.63, 3.8) is 0 Å². The lowest BCUT2D eigenvalue weighted by Gasteiger charge is -2.22. The number of benzene rings is 1. The Kier molecular flexibility index (Phi) is 5.04. The molecule has 3 heteroatoms. The Morgan fingerprint density at radius 1 is 1.23 bits per heavy atom. The fraction of sp³-hybridized carbons (Fsp3) is 0.211. The topological polar surface area (TPSA) is 29.1 Å². The van der Waals surface area contributed by atoms with Crippen molar-refractivity contribution in [3.8, 4) is 0 Å². The van der Waals surface area contributed by atoms with Gasteiger partial charge in [0.25, 0.3) is 0 Å². The van der Waals surface area contributed by atoms with Gasteiger partial charge in [-0.25, -0.2) is 0 Å². The van der Waals surface area contributed by atoms with Crippen LogP contribution < -0.4 is 5.32 Å². The molecule has 22 heavy (non-hydrogen) atoms. The predicted molar refractivity (Wildman–Crippen MR) is 94.0 cm³/mol. The molecule has 1 N–H and O–H groups in total. The molecule has 0 bridgehead atoms. The van der Waals surface area contributed by atoms with Crippen LogP contribution in [0.2, 0.25) is 0 Å². The maximum atomic E-state index is 12.6. The maximum absolute atomic E-state index is 12.6. The van der Waals surface area contributed by atoms with E-state index in [-0.39, 0.29) is 5.78 Å². The van der Waals surface area contributed by atoms with Crippen LogP contribution in [0, 0.1) is 6.92 Å². The van der Waals surface area contributed by atoms with Crippen molar-refractivity contribution >= 4 is 23.1 Å². The van der Waals surface area contributed by atoms with Gasteiger partial charge in [-0.3, -0.25) is 4.79 Å². The number of carbonyl (C=O) groups is 1. The monoisotopic (exact) mass is 313 g/mol. The second kappa shape index (κ2) is 6.80. The summed E-state index contributed by atoms with van der Waals surface area (Å²) in [7, 11) is 0. The highest BCUT2D eigenvalue weighted by Crippen LogP contribution is 2.34. The lowest BCUT2D eigenvalue weighted by molar-refractivity contribution is -0.112. The summed E-state index contributed by atoms with van der Waals surface area (Å²) >= 11 is 6.38. The summed E-state index contributed by atoms with van der Waals surface area (Å²) < 4.78 is 0. The molecule has 114 valence electrons. The molecule has 2 rings (SSSR count). The molecule has 0 saturated heterocycles. The molecule has 0 aromatic heterocycles. The normalized spacial score (nSPS) is 16.0. The summed E-state index contributed by atoms with van der Waals surface area (Å²) in [5.41, 5.74) is 4.54. The highest BCUT2D eigenvalue weighted by Gasteiger charge is 2.26. The van der Waals surface area contributed by atoms with E-state index < -0.39 is 0 Å². The van der Waals surface area contributed by atoms with Gasteiger partial charge < -0.3 is 5.32 Å². The van der Waals surface area contributed by atoms with Crippen molar-refractivity contribution in [1.82, 2.24) is 0 Å². The highest BCUT2D eigenvalue weighted by atomic mass is 35.5. The number of nitrogens with one attached hydrogen (secondary N) is 1. The van der Waals surface area contributed by atoms with Gasteiger partial charge >= 0.3 is 0 Å². The molecule has 0 spiro atoms. The first kappa shape index (κ1) is 16.3. The van der Waals surface area contributed by atoms with Crippen LogP contribution in [0.25, 0.3) is 0 Å². The van der Waals surface area contributed by atoms with Crippen molar-refractivity contribution in [1.29, 1.82) is 0 Å². The van der Waals surface area contributed by atoms with E-state index in [2.05, 4.69) is 11.9 Å². The Morgan fingerprint density at radius 3 is 2.45 bits per heavy atom. The van der Waals surface area contributed by atoms with Gasteiger partial charge in [0, 0.05) is 11.3 Å². The molecule has 1 aromatic carbocycles. The second-order valence-electron chi connectivity index (χ2n) is 5.34. The van der Waals surface area contributed by atoms with Gasteiger partial charge in [-0.15, -0.1) is 0 Å². The van der Waals surface area contributed by atoms with Crippen LogP contribution in [-0.2, 0) is 4.79 Å². The molecule has 0 fully saturated rings. The Bertz CT molecular complexity index is 705. The number of aryl methyl sites for hydroxylation is 1. The third-order valence-corrected chi connectivity index (χ3v) is 4.04. The van der Waals surface area contributed by atoms with Gasteiger partial charge in [0.15, 0.2) is 0 Å². The van der Waals surface area contributed by atoms with Crippen LogP contribution in [0.15, 0.2) is 70.4 Å². The molecule has 0 amide bonds. The summed E-state index contributed by atoms with van der Waals surface area (Å²) in [4.78, 5) is 12.6. The minimum absolute atomic E-state index is 0.0891. The molecule has 0 aliphatic heterocycles. The van der Waals surface area contributed by atoms with E-state index in [9.17, 15) is 4.79 Å². The summed E-state index contributed by atoms with van der Waals surface area (Å²) in [5.74, 6) is -0.0891. The lowest BCUT2D eigenvalue weighted by atomic mass is 9.90. The molecular formula is C19H20ClNO. The standard InChI is InChI=1S/C19H20ClNO/c1-5-6-7-16-13(3)17(20)18(19(22)14(16)4)21-15-10-8-12(2)9-11-15/h6-11,21H,3,5H2,1-2,4H3/b7-6-. The fourth-order valence-corrected chi connectivity index (χ4v) is 2.49. The molecule has 2 nitrogen and oxygen atoms in total. The van der Waals surface area contributed by atoms with Gasteiger partial charge in [0.05, 0.1) is 5.03 Å². The zero-order valence-corrected chi connectivity index (χ0v) is 13.9. The molecule has 1 aliphatic rings. The minimum Gasteiger partial charge on any atom is -0.351 e. The number of carbonyl (C=O) groups excluding carboxylic acids is 1. The predicted octanol–water partition coefficient (Wildman–Crippen LogP) is 5.28. The van der Waals surface area contributed by atoms with Crippen molar-refractivity contribution in [2.45, 2.75) is 27.2 Å². The van der Waals surface area contributed by atoms with E-state index in [1.54, 1.807) is 0 Å². The summed E-state index contributed by atoms with van der Waals surface area (Å²) in [6.07, 6.45) is 4.81. The van der Waals surface area contributed by atoms with Crippen LogP contribution in [0.1, 0.15) is 25.8 Å². The Balaban J connectivity index is 2.35. The molecule has 0 saturated carbocycles. The summed E-state index contributed by atoms with van der Waals surface area (Å²) in [5, 5.41) is 3.51. The second-order valence-corrected chi connectivity index (χ2v) is 5.71. The van der Waals surface area contributed by atoms with Gasteiger partial charge in [-0.2, -0.15) is 0 Å². The van der Waals surface area contributed by atoms with Crippen molar-refractivity contribution in [3.05, 3.63) is 76.0 Å². The van der Waals surface area contributed by atoms with Crippen molar-refractivity contribution < 1.29 is 4.79 Å². The van der Waals surface area contributed by atoms with E-state index >= 15 is 0 Å². The molecule has 0 atom stereocenters. The first-order chi connectivity index (χ1) is 10.5. The number of hydrogen-bond acceptors (Lipinski definition) is 2. The Labute approximate surface area is 136 Å². The van der Waals surface area contributed by atoms with Crippen LogP contribution in [0.3, 0.4) is 0 Å². The largest absolute Gasteiger partial charge is 0.351 e. The minimum atomic E-state index is -0.0891. The molecular weight excluding hydrogens is 294 g/mol. The van der Waals surface area contributed by atoms with E-state index in [1.165, 1.54) is 0 Å². The van der Waals surface area contributed by atoms with E-state index in [1.807, 2.05) is 57.2 Å². The van der Waals surface area contributed by atoms with Crippen LogP contribution in [0.5, 0.6) is 0 Å². The number of Topliss-reactive ketones (excluding diaryl/α,β-unsaturated/α-hetero) is 1. The molecule has 0 radical (unpaired) electrons. The van der Waals surface area contributed by atoms with Gasteiger partial charge in [-0.1, -0.05) is 55.0 Å². The van der Waals surface area contributed by atoms with Gasteiger partial charge in [-0.05, 0) is 43.5 Å².